The highest BCUT2D eigenvalue weighted by Gasteiger charge is 2.52. The van der Waals surface area contributed by atoms with Gasteiger partial charge in [-0.15, -0.1) is 0 Å². The zero-order valence-corrected chi connectivity index (χ0v) is 24.4. The summed E-state index contributed by atoms with van der Waals surface area (Å²) in [6.07, 6.45) is -0.422. The van der Waals surface area contributed by atoms with Gasteiger partial charge in [-0.3, -0.25) is 0 Å². The number of amides is 1. The molecule has 7 heteroatoms. The fourth-order valence-electron chi connectivity index (χ4n) is 5.27. The standard InChI is InChI=1S/C30H33BINO4/c1-18-20(15-26(32)19(2)27(18)31-36-29(3,4)30(5,6)37-31)16-33-28(34)35-17-25-23-13-9-7-11-21(23)22-12-8-10-14-24(22)25/h7-15,25H,16-17H2,1-6H3,(H,33,34). The van der Waals surface area contributed by atoms with Crippen molar-refractivity contribution in [1.29, 1.82) is 0 Å². The van der Waals surface area contributed by atoms with Crippen molar-refractivity contribution in [3.05, 3.63) is 86.0 Å². The normalized spacial score (nSPS) is 17.4. The van der Waals surface area contributed by atoms with Gasteiger partial charge < -0.3 is 19.4 Å². The Hall–Kier alpha value is -2.36. The maximum absolute atomic E-state index is 12.8. The molecule has 1 aliphatic heterocycles. The van der Waals surface area contributed by atoms with E-state index >= 15 is 0 Å². The highest BCUT2D eigenvalue weighted by atomic mass is 127. The molecular weight excluding hydrogens is 576 g/mol. The van der Waals surface area contributed by atoms with Crippen molar-refractivity contribution in [2.75, 3.05) is 6.61 Å². The summed E-state index contributed by atoms with van der Waals surface area (Å²) < 4.78 is 19.6. The molecule has 37 heavy (non-hydrogen) atoms. The van der Waals surface area contributed by atoms with Gasteiger partial charge in [-0.2, -0.15) is 0 Å². The number of fused-ring (bicyclic) bond motifs is 3. The Labute approximate surface area is 233 Å². The molecule has 5 rings (SSSR count). The van der Waals surface area contributed by atoms with E-state index in [9.17, 15) is 4.79 Å². The Balaban J connectivity index is 1.29. The number of hydrogen-bond donors (Lipinski definition) is 1. The van der Waals surface area contributed by atoms with Crippen molar-refractivity contribution in [2.45, 2.75) is 65.2 Å². The van der Waals surface area contributed by atoms with Gasteiger partial charge in [0.2, 0.25) is 0 Å². The van der Waals surface area contributed by atoms with Gasteiger partial charge in [0.1, 0.15) is 6.61 Å². The van der Waals surface area contributed by atoms with Gasteiger partial charge in [-0.25, -0.2) is 4.79 Å². The van der Waals surface area contributed by atoms with Crippen LogP contribution in [0.3, 0.4) is 0 Å². The maximum atomic E-state index is 12.8. The van der Waals surface area contributed by atoms with Crippen molar-refractivity contribution in [2.24, 2.45) is 0 Å². The second-order valence-corrected chi connectivity index (χ2v) is 12.1. The predicted molar refractivity (Wildman–Crippen MR) is 156 cm³/mol. The molecular formula is C30H33BINO4. The highest BCUT2D eigenvalue weighted by molar-refractivity contribution is 14.1. The number of nitrogens with one attached hydrogen (secondary N) is 1. The third-order valence-corrected chi connectivity index (χ3v) is 9.33. The van der Waals surface area contributed by atoms with Crippen LogP contribution in [0.1, 0.15) is 61.4 Å². The summed E-state index contributed by atoms with van der Waals surface area (Å²) in [5.41, 5.74) is 8.26. The summed E-state index contributed by atoms with van der Waals surface area (Å²) in [4.78, 5) is 12.8. The number of ether oxygens (including phenoxy) is 1. The smallest absolute Gasteiger partial charge is 0.449 e. The Kier molecular flexibility index (Phi) is 6.92. The van der Waals surface area contributed by atoms with E-state index in [1.54, 1.807) is 0 Å². The molecule has 1 fully saturated rings. The molecule has 3 aromatic rings. The largest absolute Gasteiger partial charge is 0.495 e. The van der Waals surface area contributed by atoms with Crippen LogP contribution in [-0.4, -0.2) is 31.0 Å². The molecule has 0 atom stereocenters. The number of carbonyl (C=O) groups excluding carboxylic acids is 1. The van der Waals surface area contributed by atoms with Crippen LogP contribution in [0.4, 0.5) is 4.79 Å². The fourth-order valence-corrected chi connectivity index (χ4v) is 5.93. The number of hydrogen-bond acceptors (Lipinski definition) is 4. The summed E-state index contributed by atoms with van der Waals surface area (Å²) in [6, 6.07) is 18.8. The van der Waals surface area contributed by atoms with Crippen LogP contribution in [0.15, 0.2) is 54.6 Å². The first kappa shape index (κ1) is 26.3. The minimum atomic E-state index is -0.451. The lowest BCUT2D eigenvalue weighted by Crippen LogP contribution is -2.41. The molecule has 0 radical (unpaired) electrons. The van der Waals surface area contributed by atoms with E-state index in [2.05, 4.69) is 112 Å². The molecule has 192 valence electrons. The average Bonchev–Trinajstić information content (AvgIpc) is 3.28. The third-order valence-electron chi connectivity index (χ3n) is 8.20. The van der Waals surface area contributed by atoms with Crippen LogP contribution in [0.2, 0.25) is 0 Å². The SMILES string of the molecule is Cc1c(I)cc(CNC(=O)OCC2c3ccccc3-c3ccccc32)c(C)c1B1OC(C)(C)C(C)(C)O1. The Morgan fingerprint density at radius 1 is 0.946 bits per heavy atom. The van der Waals surface area contributed by atoms with Gasteiger partial charge in [0.15, 0.2) is 0 Å². The van der Waals surface area contributed by atoms with Crippen LogP contribution in [0.25, 0.3) is 11.1 Å². The topological polar surface area (TPSA) is 56.8 Å². The average molecular weight is 609 g/mol. The van der Waals surface area contributed by atoms with Crippen molar-refractivity contribution in [3.8, 4) is 11.1 Å². The quantitative estimate of drug-likeness (QED) is 0.275. The minimum absolute atomic E-state index is 0.0372. The number of benzene rings is 3. The first-order chi connectivity index (χ1) is 17.5. The lowest BCUT2D eigenvalue weighted by Gasteiger charge is -2.32. The Morgan fingerprint density at radius 2 is 1.49 bits per heavy atom. The first-order valence-corrected chi connectivity index (χ1v) is 13.8. The molecule has 3 aromatic carbocycles. The van der Waals surface area contributed by atoms with E-state index < -0.39 is 24.4 Å². The number of carbonyl (C=O) groups is 1. The van der Waals surface area contributed by atoms with Crippen molar-refractivity contribution in [3.63, 3.8) is 0 Å². The molecule has 2 aliphatic rings. The molecule has 1 saturated heterocycles. The van der Waals surface area contributed by atoms with Crippen LogP contribution in [0, 0.1) is 17.4 Å². The van der Waals surface area contributed by atoms with Gasteiger partial charge in [-0.05, 0) is 115 Å². The molecule has 0 saturated carbocycles. The van der Waals surface area contributed by atoms with E-state index in [0.717, 1.165) is 25.7 Å². The molecule has 1 heterocycles. The van der Waals surface area contributed by atoms with Gasteiger partial charge in [0.25, 0.3) is 0 Å². The van der Waals surface area contributed by atoms with Gasteiger partial charge in [0, 0.05) is 16.0 Å². The molecule has 0 unspecified atom stereocenters. The summed E-state index contributed by atoms with van der Waals surface area (Å²) >= 11 is 2.34. The van der Waals surface area contributed by atoms with Gasteiger partial charge in [0.05, 0.1) is 11.2 Å². The van der Waals surface area contributed by atoms with Crippen LogP contribution < -0.4 is 10.8 Å². The lowest BCUT2D eigenvalue weighted by atomic mass is 9.72. The van der Waals surface area contributed by atoms with E-state index in [1.807, 2.05) is 12.1 Å². The number of alkyl carbamates (subject to hydrolysis) is 1. The molecule has 0 aromatic heterocycles. The minimum Gasteiger partial charge on any atom is -0.449 e. The monoisotopic (exact) mass is 609 g/mol. The van der Waals surface area contributed by atoms with Crippen LogP contribution >= 0.6 is 22.6 Å². The van der Waals surface area contributed by atoms with Gasteiger partial charge in [-0.1, -0.05) is 48.5 Å². The summed E-state index contributed by atoms with van der Waals surface area (Å²) in [5, 5.41) is 2.96. The van der Waals surface area contributed by atoms with E-state index in [0.29, 0.717) is 13.2 Å². The third kappa shape index (κ3) is 4.70. The Bertz CT molecular complexity index is 1310. The lowest BCUT2D eigenvalue weighted by molar-refractivity contribution is 0.00578. The Morgan fingerprint density at radius 3 is 2.05 bits per heavy atom. The second kappa shape index (κ2) is 9.75. The molecule has 1 N–H and O–H groups in total. The maximum Gasteiger partial charge on any atom is 0.495 e. The van der Waals surface area contributed by atoms with E-state index in [4.69, 9.17) is 14.0 Å². The van der Waals surface area contributed by atoms with E-state index in [1.165, 1.54) is 22.3 Å². The first-order valence-electron chi connectivity index (χ1n) is 12.7. The summed E-state index contributed by atoms with van der Waals surface area (Å²) in [7, 11) is -0.451. The van der Waals surface area contributed by atoms with E-state index in [-0.39, 0.29) is 5.92 Å². The number of rotatable bonds is 5. The van der Waals surface area contributed by atoms with Crippen molar-refractivity contribution in [1.82, 2.24) is 5.32 Å². The molecule has 0 bridgehead atoms. The second-order valence-electron chi connectivity index (χ2n) is 10.9. The summed E-state index contributed by atoms with van der Waals surface area (Å²) in [5.74, 6) is 0.0372. The number of halogens is 1. The highest BCUT2D eigenvalue weighted by Crippen LogP contribution is 2.44. The van der Waals surface area contributed by atoms with Crippen LogP contribution in [0.5, 0.6) is 0 Å². The molecule has 1 amide bonds. The summed E-state index contributed by atoms with van der Waals surface area (Å²) in [6.45, 7) is 13.1. The van der Waals surface area contributed by atoms with Crippen LogP contribution in [-0.2, 0) is 20.6 Å². The van der Waals surface area contributed by atoms with Gasteiger partial charge >= 0.3 is 13.2 Å². The van der Waals surface area contributed by atoms with Crippen molar-refractivity contribution >= 4 is 41.3 Å². The predicted octanol–water partition coefficient (Wildman–Crippen LogP) is 6.25. The zero-order chi connectivity index (χ0) is 26.5. The fraction of sp³-hybridized carbons (Fsp3) is 0.367. The molecule has 5 nitrogen and oxygen atoms in total. The zero-order valence-electron chi connectivity index (χ0n) is 22.3. The molecule has 0 spiro atoms. The van der Waals surface area contributed by atoms with Crippen molar-refractivity contribution < 1.29 is 18.8 Å². The molecule has 1 aliphatic carbocycles.